The van der Waals surface area contributed by atoms with Crippen LogP contribution in [0.5, 0.6) is 0 Å². The summed E-state index contributed by atoms with van der Waals surface area (Å²) >= 11 is 5.95. The minimum Gasteiger partial charge on any atom is -0.377 e. The van der Waals surface area contributed by atoms with E-state index in [2.05, 4.69) is 9.97 Å². The minimum absolute atomic E-state index is 0.152. The fourth-order valence-corrected chi connectivity index (χ4v) is 2.29. The molecule has 1 fully saturated rings. The highest BCUT2D eigenvalue weighted by Gasteiger charge is 2.22. The fourth-order valence-electron chi connectivity index (χ4n) is 2.06. The van der Waals surface area contributed by atoms with Gasteiger partial charge in [0.1, 0.15) is 5.02 Å². The van der Waals surface area contributed by atoms with Crippen molar-refractivity contribution in [2.45, 2.75) is 18.9 Å². The molecule has 3 N–H and O–H groups in total. The van der Waals surface area contributed by atoms with Gasteiger partial charge in [-0.15, -0.1) is 0 Å². The van der Waals surface area contributed by atoms with Crippen molar-refractivity contribution in [1.29, 1.82) is 0 Å². The van der Waals surface area contributed by atoms with Crippen LogP contribution in [0.3, 0.4) is 0 Å². The van der Waals surface area contributed by atoms with Crippen molar-refractivity contribution in [3.63, 3.8) is 0 Å². The lowest BCUT2D eigenvalue weighted by Crippen LogP contribution is -2.38. The Hall–Kier alpha value is -1.11. The van der Waals surface area contributed by atoms with Gasteiger partial charge in [-0.05, 0) is 12.8 Å². The van der Waals surface area contributed by atoms with E-state index in [0.29, 0.717) is 19.0 Å². The van der Waals surface area contributed by atoms with E-state index in [0.717, 1.165) is 25.9 Å². The van der Waals surface area contributed by atoms with Crippen molar-refractivity contribution < 1.29 is 4.74 Å². The van der Waals surface area contributed by atoms with Gasteiger partial charge in [-0.3, -0.25) is 4.79 Å². The first-order valence-electron chi connectivity index (χ1n) is 6.02. The van der Waals surface area contributed by atoms with E-state index in [1.807, 2.05) is 4.90 Å². The van der Waals surface area contributed by atoms with E-state index in [-0.39, 0.29) is 16.7 Å². The highest BCUT2D eigenvalue weighted by atomic mass is 35.5. The number of nitrogens with two attached hydrogens (primary N) is 1. The van der Waals surface area contributed by atoms with Crippen LogP contribution in [0.15, 0.2) is 11.1 Å². The molecule has 0 amide bonds. The Morgan fingerprint density at radius 3 is 2.94 bits per heavy atom. The van der Waals surface area contributed by atoms with E-state index < -0.39 is 0 Å². The summed E-state index contributed by atoms with van der Waals surface area (Å²) in [4.78, 5) is 20.0. The zero-order valence-corrected chi connectivity index (χ0v) is 10.8. The molecule has 6 nitrogen and oxygen atoms in total. The first-order chi connectivity index (χ1) is 8.72. The van der Waals surface area contributed by atoms with Crippen LogP contribution in [0.25, 0.3) is 0 Å². The molecule has 1 aliphatic rings. The number of aromatic amines is 1. The summed E-state index contributed by atoms with van der Waals surface area (Å²) in [6, 6.07) is 0. The second kappa shape index (κ2) is 6.17. The van der Waals surface area contributed by atoms with E-state index >= 15 is 0 Å². The van der Waals surface area contributed by atoms with E-state index in [1.54, 1.807) is 0 Å². The molecular weight excluding hydrogens is 256 g/mol. The molecule has 0 aliphatic carbocycles. The Kier molecular flexibility index (Phi) is 4.57. The summed E-state index contributed by atoms with van der Waals surface area (Å²) < 4.78 is 5.60. The smallest absolute Gasteiger partial charge is 0.271 e. The fraction of sp³-hybridized carbons (Fsp3) is 0.636. The molecule has 0 radical (unpaired) electrons. The Balaban J connectivity index is 1.97. The Bertz CT molecular complexity index is 443. The molecule has 2 heterocycles. The first-order valence-corrected chi connectivity index (χ1v) is 6.40. The monoisotopic (exact) mass is 272 g/mol. The summed E-state index contributed by atoms with van der Waals surface area (Å²) in [5, 5.41) is 0.152. The molecule has 1 aromatic rings. The predicted octanol–water partition coefficient (Wildman–Crippen LogP) is 0.367. The summed E-state index contributed by atoms with van der Waals surface area (Å²) in [6.07, 6.45) is 3.40. The molecule has 7 heteroatoms. The van der Waals surface area contributed by atoms with Gasteiger partial charge in [0.15, 0.2) is 5.82 Å². The standard InChI is InChI=1S/C11H17ClN4O2/c12-9-10(14-7-15-11(9)17)16-4-1-8(2-5-16)18-6-3-13/h7-8H,1-6,13H2,(H,14,15,17). The quantitative estimate of drug-likeness (QED) is 0.827. The second-order valence-corrected chi connectivity index (χ2v) is 4.59. The number of aromatic nitrogens is 2. The number of halogens is 1. The van der Waals surface area contributed by atoms with Gasteiger partial charge in [0.05, 0.1) is 19.0 Å². The van der Waals surface area contributed by atoms with Crippen LogP contribution in [0.4, 0.5) is 5.82 Å². The summed E-state index contributed by atoms with van der Waals surface area (Å²) in [6.45, 7) is 2.70. The molecule has 1 aromatic heterocycles. The number of nitrogens with one attached hydrogen (secondary N) is 1. The lowest BCUT2D eigenvalue weighted by atomic mass is 10.1. The molecule has 2 rings (SSSR count). The van der Waals surface area contributed by atoms with Crippen molar-refractivity contribution in [3.8, 4) is 0 Å². The molecule has 1 saturated heterocycles. The van der Waals surface area contributed by atoms with Gasteiger partial charge in [0.25, 0.3) is 5.56 Å². The molecular formula is C11H17ClN4O2. The van der Waals surface area contributed by atoms with Crippen molar-refractivity contribution in [3.05, 3.63) is 21.7 Å². The highest BCUT2D eigenvalue weighted by molar-refractivity contribution is 6.32. The number of hydrogen-bond donors (Lipinski definition) is 2. The Morgan fingerprint density at radius 1 is 1.56 bits per heavy atom. The third kappa shape index (κ3) is 3.01. The Labute approximate surface area is 110 Å². The van der Waals surface area contributed by atoms with Crippen LogP contribution >= 0.6 is 11.6 Å². The number of hydrogen-bond acceptors (Lipinski definition) is 5. The molecule has 0 aromatic carbocycles. The van der Waals surface area contributed by atoms with Crippen LogP contribution in [0.2, 0.25) is 5.02 Å². The highest BCUT2D eigenvalue weighted by Crippen LogP contribution is 2.23. The molecule has 1 aliphatic heterocycles. The van der Waals surface area contributed by atoms with E-state index in [1.165, 1.54) is 6.33 Å². The van der Waals surface area contributed by atoms with Gasteiger partial charge in [-0.25, -0.2) is 4.98 Å². The van der Waals surface area contributed by atoms with E-state index in [4.69, 9.17) is 22.1 Å². The maximum Gasteiger partial charge on any atom is 0.271 e. The Morgan fingerprint density at radius 2 is 2.28 bits per heavy atom. The van der Waals surface area contributed by atoms with Gasteiger partial charge in [-0.2, -0.15) is 0 Å². The van der Waals surface area contributed by atoms with Crippen molar-refractivity contribution in [2.75, 3.05) is 31.1 Å². The summed E-state index contributed by atoms with van der Waals surface area (Å²) in [5.74, 6) is 0.553. The van der Waals surface area contributed by atoms with E-state index in [9.17, 15) is 4.79 Å². The lowest BCUT2D eigenvalue weighted by Gasteiger charge is -2.32. The number of nitrogens with zero attached hydrogens (tertiary/aromatic N) is 2. The third-order valence-corrected chi connectivity index (χ3v) is 3.33. The van der Waals surface area contributed by atoms with Gasteiger partial charge >= 0.3 is 0 Å². The number of anilines is 1. The molecule has 100 valence electrons. The zero-order valence-electron chi connectivity index (χ0n) is 10.1. The van der Waals surface area contributed by atoms with Gasteiger partial charge in [0, 0.05) is 19.6 Å². The summed E-state index contributed by atoms with van der Waals surface area (Å²) in [7, 11) is 0. The van der Waals surface area contributed by atoms with Gasteiger partial charge < -0.3 is 20.4 Å². The van der Waals surface area contributed by atoms with Gasteiger partial charge in [0.2, 0.25) is 0 Å². The number of H-pyrrole nitrogens is 1. The number of piperidine rings is 1. The third-order valence-electron chi connectivity index (χ3n) is 2.99. The minimum atomic E-state index is -0.303. The number of rotatable bonds is 4. The molecule has 0 bridgehead atoms. The SMILES string of the molecule is NCCOC1CCN(c2nc[nH]c(=O)c2Cl)CC1. The molecule has 0 unspecified atom stereocenters. The molecule has 0 atom stereocenters. The normalized spacial score (nSPS) is 17.1. The predicted molar refractivity (Wildman–Crippen MR) is 70.1 cm³/mol. The summed E-state index contributed by atoms with van der Waals surface area (Å²) in [5.41, 5.74) is 5.10. The van der Waals surface area contributed by atoms with Crippen LogP contribution in [0.1, 0.15) is 12.8 Å². The lowest BCUT2D eigenvalue weighted by molar-refractivity contribution is 0.0421. The maximum atomic E-state index is 11.4. The molecule has 18 heavy (non-hydrogen) atoms. The molecule has 0 saturated carbocycles. The number of ether oxygens (including phenoxy) is 1. The first kappa shape index (κ1) is 13.3. The van der Waals surface area contributed by atoms with Crippen LogP contribution in [0, 0.1) is 0 Å². The zero-order chi connectivity index (χ0) is 13.0. The van der Waals surface area contributed by atoms with Gasteiger partial charge in [-0.1, -0.05) is 11.6 Å². The maximum absolute atomic E-state index is 11.4. The van der Waals surface area contributed by atoms with Crippen molar-refractivity contribution >= 4 is 17.4 Å². The van der Waals surface area contributed by atoms with Crippen LogP contribution < -0.4 is 16.2 Å². The van der Waals surface area contributed by atoms with Crippen LogP contribution in [-0.2, 0) is 4.74 Å². The average Bonchev–Trinajstić information content (AvgIpc) is 2.40. The topological polar surface area (TPSA) is 84.2 Å². The largest absolute Gasteiger partial charge is 0.377 e. The van der Waals surface area contributed by atoms with Crippen molar-refractivity contribution in [1.82, 2.24) is 9.97 Å². The average molecular weight is 273 g/mol. The molecule has 0 spiro atoms. The van der Waals surface area contributed by atoms with Crippen LogP contribution in [-0.4, -0.2) is 42.3 Å². The second-order valence-electron chi connectivity index (χ2n) is 4.22. The van der Waals surface area contributed by atoms with Crippen molar-refractivity contribution in [2.24, 2.45) is 5.73 Å².